The third kappa shape index (κ3) is 4.50. The minimum absolute atomic E-state index is 0.0864. The highest BCUT2D eigenvalue weighted by Crippen LogP contribution is 2.29. The number of amides is 1. The van der Waals surface area contributed by atoms with E-state index in [1.54, 1.807) is 11.3 Å². The average molecular weight is 410 g/mol. The molecule has 6 nitrogen and oxygen atoms in total. The lowest BCUT2D eigenvalue weighted by Gasteiger charge is -2.30. The van der Waals surface area contributed by atoms with Crippen LogP contribution in [0.4, 0.5) is 5.13 Å². The Morgan fingerprint density at radius 1 is 1.03 bits per heavy atom. The summed E-state index contributed by atoms with van der Waals surface area (Å²) in [5.41, 5.74) is 3.58. The molecule has 0 unspecified atom stereocenters. The van der Waals surface area contributed by atoms with E-state index in [1.807, 2.05) is 18.2 Å². The van der Waals surface area contributed by atoms with Gasteiger partial charge in [-0.15, -0.1) is 10.2 Å². The fourth-order valence-electron chi connectivity index (χ4n) is 3.85. The first-order valence-electron chi connectivity index (χ1n) is 10.2. The van der Waals surface area contributed by atoms with Gasteiger partial charge in [-0.3, -0.25) is 9.36 Å². The minimum atomic E-state index is 0.0864. The second-order valence-corrected chi connectivity index (χ2v) is 8.54. The molecular formula is C22H27N5OS. The van der Waals surface area contributed by atoms with E-state index in [2.05, 4.69) is 63.1 Å². The lowest BCUT2D eigenvalue weighted by Crippen LogP contribution is -2.41. The maximum absolute atomic E-state index is 12.5. The van der Waals surface area contributed by atoms with Crippen molar-refractivity contribution < 1.29 is 4.79 Å². The van der Waals surface area contributed by atoms with E-state index in [9.17, 15) is 4.79 Å². The molecule has 4 rings (SSSR count). The number of nitrogens with one attached hydrogen (secondary N) is 1. The molecule has 7 heteroatoms. The number of aromatic nitrogens is 3. The summed E-state index contributed by atoms with van der Waals surface area (Å²) in [6.07, 6.45) is 2.58. The molecule has 2 aromatic heterocycles. The average Bonchev–Trinajstić information content (AvgIpc) is 3.35. The Kier molecular flexibility index (Phi) is 5.94. The Labute approximate surface area is 175 Å². The van der Waals surface area contributed by atoms with Gasteiger partial charge in [0.05, 0.1) is 0 Å². The van der Waals surface area contributed by atoms with Gasteiger partial charge >= 0.3 is 0 Å². The molecule has 0 radical (unpaired) electrons. The largest absolute Gasteiger partial charge is 0.356 e. The van der Waals surface area contributed by atoms with Crippen LogP contribution in [0.15, 0.2) is 42.5 Å². The summed E-state index contributed by atoms with van der Waals surface area (Å²) in [6, 6.07) is 14.5. The summed E-state index contributed by atoms with van der Waals surface area (Å²) >= 11 is 1.61. The Bertz CT molecular complexity index is 937. The normalized spacial score (nSPS) is 14.9. The summed E-state index contributed by atoms with van der Waals surface area (Å²) in [7, 11) is 0. The van der Waals surface area contributed by atoms with Gasteiger partial charge in [0.2, 0.25) is 16.2 Å². The van der Waals surface area contributed by atoms with Crippen LogP contribution in [0.1, 0.15) is 29.8 Å². The van der Waals surface area contributed by atoms with Crippen LogP contribution in [0, 0.1) is 19.8 Å². The standard InChI is InChI=1S/C22H27N5OS/c1-16-8-9-17(2)27(16)22-25-24-21(29-22)26-14-11-19(12-15-26)20(28)23-13-10-18-6-4-3-5-7-18/h3-9,19H,10-15H2,1-2H3,(H,23,28). The molecule has 29 heavy (non-hydrogen) atoms. The Morgan fingerprint density at radius 3 is 2.38 bits per heavy atom. The number of carbonyl (C=O) groups excluding carboxylic acids is 1. The number of hydrogen-bond acceptors (Lipinski definition) is 5. The fourth-order valence-corrected chi connectivity index (χ4v) is 4.87. The Morgan fingerprint density at radius 2 is 1.69 bits per heavy atom. The summed E-state index contributed by atoms with van der Waals surface area (Å²) in [4.78, 5) is 14.8. The van der Waals surface area contributed by atoms with Crippen molar-refractivity contribution in [2.45, 2.75) is 33.1 Å². The van der Waals surface area contributed by atoms with Gasteiger partial charge in [-0.05, 0) is 50.8 Å². The fraction of sp³-hybridized carbons (Fsp3) is 0.409. The van der Waals surface area contributed by atoms with Crippen molar-refractivity contribution in [1.29, 1.82) is 0 Å². The molecular weight excluding hydrogens is 382 g/mol. The van der Waals surface area contributed by atoms with Crippen LogP contribution < -0.4 is 10.2 Å². The summed E-state index contributed by atoms with van der Waals surface area (Å²) in [5.74, 6) is 0.264. The van der Waals surface area contributed by atoms with Crippen molar-refractivity contribution in [1.82, 2.24) is 20.1 Å². The number of nitrogens with zero attached hydrogens (tertiary/aromatic N) is 4. The van der Waals surface area contributed by atoms with E-state index in [4.69, 9.17) is 0 Å². The van der Waals surface area contributed by atoms with Gasteiger partial charge in [0.1, 0.15) is 0 Å². The van der Waals surface area contributed by atoms with Crippen molar-refractivity contribution in [2.24, 2.45) is 5.92 Å². The number of hydrogen-bond donors (Lipinski definition) is 1. The first-order chi connectivity index (χ1) is 14.1. The number of piperidine rings is 1. The van der Waals surface area contributed by atoms with Crippen molar-refractivity contribution in [3.63, 3.8) is 0 Å². The minimum Gasteiger partial charge on any atom is -0.356 e. The third-order valence-corrected chi connectivity index (χ3v) is 6.53. The highest BCUT2D eigenvalue weighted by atomic mass is 32.1. The smallest absolute Gasteiger partial charge is 0.223 e. The maximum Gasteiger partial charge on any atom is 0.223 e. The number of anilines is 1. The zero-order valence-corrected chi connectivity index (χ0v) is 17.8. The van der Waals surface area contributed by atoms with Gasteiger partial charge in [-0.2, -0.15) is 0 Å². The molecule has 0 aliphatic carbocycles. The second-order valence-electron chi connectivity index (χ2n) is 7.61. The van der Waals surface area contributed by atoms with Crippen LogP contribution in [0.2, 0.25) is 0 Å². The molecule has 152 valence electrons. The zero-order chi connectivity index (χ0) is 20.2. The predicted octanol–water partition coefficient (Wildman–Crippen LogP) is 3.52. The van der Waals surface area contributed by atoms with Crippen LogP contribution in [-0.4, -0.2) is 40.3 Å². The van der Waals surface area contributed by atoms with E-state index < -0.39 is 0 Å². The molecule has 1 saturated heterocycles. The molecule has 0 spiro atoms. The van der Waals surface area contributed by atoms with Crippen LogP contribution >= 0.6 is 11.3 Å². The molecule has 0 saturated carbocycles. The molecule has 3 heterocycles. The highest BCUT2D eigenvalue weighted by molar-refractivity contribution is 7.17. The van der Waals surface area contributed by atoms with Crippen LogP contribution in [0.3, 0.4) is 0 Å². The van der Waals surface area contributed by atoms with Gasteiger partial charge in [-0.1, -0.05) is 41.7 Å². The summed E-state index contributed by atoms with van der Waals surface area (Å²) in [6.45, 7) is 6.54. The second kappa shape index (κ2) is 8.78. The van der Waals surface area contributed by atoms with Crippen LogP contribution in [-0.2, 0) is 11.2 Å². The molecule has 3 aromatic rings. The van der Waals surface area contributed by atoms with E-state index >= 15 is 0 Å². The lowest BCUT2D eigenvalue weighted by atomic mass is 9.96. The van der Waals surface area contributed by atoms with Crippen molar-refractivity contribution in [3.05, 3.63) is 59.4 Å². The number of benzene rings is 1. The van der Waals surface area contributed by atoms with Gasteiger partial charge in [-0.25, -0.2) is 0 Å². The van der Waals surface area contributed by atoms with Crippen LogP contribution in [0.5, 0.6) is 0 Å². The topological polar surface area (TPSA) is 63.1 Å². The molecule has 1 aliphatic rings. The number of carbonyl (C=O) groups is 1. The first-order valence-corrected chi connectivity index (χ1v) is 11.0. The SMILES string of the molecule is Cc1ccc(C)n1-c1nnc(N2CCC(C(=O)NCCc3ccccc3)CC2)s1. The third-order valence-electron chi connectivity index (χ3n) is 5.56. The summed E-state index contributed by atoms with van der Waals surface area (Å²) in [5, 5.41) is 13.7. The molecule has 1 amide bonds. The van der Waals surface area contributed by atoms with E-state index in [0.717, 1.165) is 54.0 Å². The van der Waals surface area contributed by atoms with Crippen LogP contribution in [0.25, 0.3) is 5.13 Å². The molecule has 0 bridgehead atoms. The number of aryl methyl sites for hydroxylation is 2. The van der Waals surface area contributed by atoms with E-state index in [1.165, 1.54) is 5.56 Å². The van der Waals surface area contributed by atoms with Gasteiger partial charge in [0.25, 0.3) is 0 Å². The van der Waals surface area contributed by atoms with Gasteiger partial charge < -0.3 is 10.2 Å². The van der Waals surface area contributed by atoms with Crippen molar-refractivity contribution in [3.8, 4) is 5.13 Å². The first kappa shape index (κ1) is 19.6. The quantitative estimate of drug-likeness (QED) is 0.677. The summed E-state index contributed by atoms with van der Waals surface area (Å²) < 4.78 is 2.13. The Balaban J connectivity index is 1.28. The molecule has 0 atom stereocenters. The van der Waals surface area contributed by atoms with Crippen molar-refractivity contribution >= 4 is 22.4 Å². The molecule has 1 aromatic carbocycles. The van der Waals surface area contributed by atoms with E-state index in [0.29, 0.717) is 6.54 Å². The predicted molar refractivity (Wildman–Crippen MR) is 117 cm³/mol. The van der Waals surface area contributed by atoms with Crippen molar-refractivity contribution in [2.75, 3.05) is 24.5 Å². The van der Waals surface area contributed by atoms with Gasteiger partial charge in [0, 0.05) is 36.9 Å². The molecule has 1 N–H and O–H groups in total. The lowest BCUT2D eigenvalue weighted by molar-refractivity contribution is -0.125. The van der Waals surface area contributed by atoms with E-state index in [-0.39, 0.29) is 11.8 Å². The zero-order valence-electron chi connectivity index (χ0n) is 17.0. The highest BCUT2D eigenvalue weighted by Gasteiger charge is 2.26. The molecule has 1 aliphatic heterocycles. The maximum atomic E-state index is 12.5. The number of rotatable bonds is 6. The molecule has 1 fully saturated rings. The van der Waals surface area contributed by atoms with Gasteiger partial charge in [0.15, 0.2) is 0 Å². The monoisotopic (exact) mass is 409 g/mol. The Hall–Kier alpha value is -2.67.